The fourth-order valence-electron chi connectivity index (χ4n) is 3.60. The molecule has 1 aliphatic heterocycles. The topological polar surface area (TPSA) is 73.5 Å². The minimum absolute atomic E-state index is 0.258. The molecule has 1 aliphatic rings. The van der Waals surface area contributed by atoms with Gasteiger partial charge in [0.15, 0.2) is 5.82 Å². The first-order valence-electron chi connectivity index (χ1n) is 10.4. The molecular formula is C23H28N4O3. The average molecular weight is 409 g/mol. The summed E-state index contributed by atoms with van der Waals surface area (Å²) in [6.45, 7) is 7.84. The van der Waals surface area contributed by atoms with Gasteiger partial charge < -0.3 is 14.0 Å². The molecule has 1 fully saturated rings. The van der Waals surface area contributed by atoms with Crippen LogP contribution in [0.3, 0.4) is 0 Å². The summed E-state index contributed by atoms with van der Waals surface area (Å²) in [6, 6.07) is 12.0. The van der Waals surface area contributed by atoms with Crippen LogP contribution >= 0.6 is 0 Å². The predicted octanol–water partition coefficient (Wildman–Crippen LogP) is 4.16. The van der Waals surface area contributed by atoms with Gasteiger partial charge in [-0.1, -0.05) is 31.1 Å². The van der Waals surface area contributed by atoms with Gasteiger partial charge in [-0.3, -0.25) is 9.88 Å². The van der Waals surface area contributed by atoms with Crippen LogP contribution in [0.25, 0.3) is 11.6 Å². The summed E-state index contributed by atoms with van der Waals surface area (Å²) in [4.78, 5) is 11.3. The number of aromatic nitrogens is 3. The van der Waals surface area contributed by atoms with Crippen molar-refractivity contribution < 1.29 is 14.0 Å². The van der Waals surface area contributed by atoms with E-state index in [0.717, 1.165) is 44.2 Å². The molecule has 0 spiro atoms. The molecule has 30 heavy (non-hydrogen) atoms. The number of pyridine rings is 1. The molecule has 3 heterocycles. The highest BCUT2D eigenvalue weighted by atomic mass is 16.5. The van der Waals surface area contributed by atoms with E-state index in [2.05, 4.69) is 52.1 Å². The molecule has 7 nitrogen and oxygen atoms in total. The second-order valence-electron chi connectivity index (χ2n) is 8.11. The lowest BCUT2D eigenvalue weighted by Crippen LogP contribution is -2.20. The maximum atomic E-state index is 5.86. The molecule has 158 valence electrons. The Labute approximate surface area is 177 Å². The molecular weight excluding hydrogens is 380 g/mol. The molecule has 1 atom stereocenters. The van der Waals surface area contributed by atoms with E-state index in [1.807, 2.05) is 6.07 Å². The third-order valence-electron chi connectivity index (χ3n) is 5.15. The monoisotopic (exact) mass is 408 g/mol. The molecule has 4 rings (SSSR count). The lowest BCUT2D eigenvalue weighted by atomic mass is 10.1. The summed E-state index contributed by atoms with van der Waals surface area (Å²) in [6.07, 6.45) is 2.68. The molecule has 1 aromatic carbocycles. The Morgan fingerprint density at radius 2 is 2.10 bits per heavy atom. The van der Waals surface area contributed by atoms with Gasteiger partial charge in [-0.05, 0) is 42.6 Å². The Bertz CT molecular complexity index is 972. The van der Waals surface area contributed by atoms with E-state index in [-0.39, 0.29) is 5.92 Å². The number of methoxy groups -OCH3 is 1. The Hall–Kier alpha value is -2.93. The molecule has 2 aromatic heterocycles. The zero-order valence-corrected chi connectivity index (χ0v) is 17.7. The Morgan fingerprint density at radius 1 is 1.20 bits per heavy atom. The molecule has 1 unspecified atom stereocenters. The van der Waals surface area contributed by atoms with Crippen LogP contribution in [0.15, 0.2) is 47.1 Å². The zero-order valence-electron chi connectivity index (χ0n) is 17.7. The average Bonchev–Trinajstić information content (AvgIpc) is 3.42. The van der Waals surface area contributed by atoms with E-state index in [4.69, 9.17) is 14.0 Å². The molecule has 0 N–H and O–H groups in total. The van der Waals surface area contributed by atoms with Gasteiger partial charge in [0.1, 0.15) is 17.2 Å². The van der Waals surface area contributed by atoms with E-state index >= 15 is 0 Å². The van der Waals surface area contributed by atoms with Gasteiger partial charge in [0, 0.05) is 31.3 Å². The largest absolute Gasteiger partial charge is 0.497 e. The third kappa shape index (κ3) is 4.97. The van der Waals surface area contributed by atoms with Gasteiger partial charge in [-0.2, -0.15) is 4.98 Å². The number of hydrogen-bond donors (Lipinski definition) is 0. The molecule has 1 saturated heterocycles. The third-order valence-corrected chi connectivity index (χ3v) is 5.15. The standard InChI is InChI=1S/C23H28N4O3/c1-16(2)15-29-20-6-4-5-17(11-20)13-27-10-8-18(14-27)22-25-23(30-26-22)21-12-19(28-3)7-9-24-21/h4-7,9,11-12,16,18H,8,10,13-15H2,1-3H3. The Balaban J connectivity index is 1.37. The quantitative estimate of drug-likeness (QED) is 0.554. The van der Waals surface area contributed by atoms with Crippen LogP contribution in [0, 0.1) is 5.92 Å². The molecule has 7 heteroatoms. The minimum Gasteiger partial charge on any atom is -0.497 e. The van der Waals surface area contributed by atoms with Crippen molar-refractivity contribution in [3.8, 4) is 23.1 Å². The number of nitrogens with zero attached hydrogens (tertiary/aromatic N) is 4. The van der Waals surface area contributed by atoms with Crippen molar-refractivity contribution in [3.63, 3.8) is 0 Å². The molecule has 0 aliphatic carbocycles. The Morgan fingerprint density at radius 3 is 2.93 bits per heavy atom. The van der Waals surface area contributed by atoms with Crippen LogP contribution in [0.4, 0.5) is 0 Å². The van der Waals surface area contributed by atoms with Crippen molar-refractivity contribution in [3.05, 3.63) is 54.0 Å². The van der Waals surface area contributed by atoms with Crippen LogP contribution in [-0.4, -0.2) is 46.8 Å². The van der Waals surface area contributed by atoms with Crippen LogP contribution in [-0.2, 0) is 6.54 Å². The highest BCUT2D eigenvalue weighted by Crippen LogP contribution is 2.29. The number of ether oxygens (including phenoxy) is 2. The van der Waals surface area contributed by atoms with E-state index in [1.165, 1.54) is 5.56 Å². The summed E-state index contributed by atoms with van der Waals surface area (Å²) in [7, 11) is 1.62. The maximum absolute atomic E-state index is 5.86. The van der Waals surface area contributed by atoms with Crippen LogP contribution in [0.2, 0.25) is 0 Å². The van der Waals surface area contributed by atoms with Crippen molar-refractivity contribution >= 4 is 0 Å². The number of likely N-dealkylation sites (tertiary alicyclic amines) is 1. The molecule has 0 radical (unpaired) electrons. The normalized spacial score (nSPS) is 16.9. The van der Waals surface area contributed by atoms with E-state index < -0.39 is 0 Å². The van der Waals surface area contributed by atoms with E-state index in [1.54, 1.807) is 25.4 Å². The summed E-state index contributed by atoms with van der Waals surface area (Å²) in [5.41, 5.74) is 1.88. The van der Waals surface area contributed by atoms with E-state index in [9.17, 15) is 0 Å². The SMILES string of the molecule is COc1ccnc(-c2nc(C3CCN(Cc4cccc(OCC(C)C)c4)C3)no2)c1. The lowest BCUT2D eigenvalue weighted by Gasteiger charge is -2.16. The smallest absolute Gasteiger partial charge is 0.276 e. The van der Waals surface area contributed by atoms with Crippen LogP contribution in [0.1, 0.15) is 37.6 Å². The van der Waals surface area contributed by atoms with Crippen molar-refractivity contribution in [2.24, 2.45) is 5.92 Å². The summed E-state index contributed by atoms with van der Waals surface area (Å²) in [5, 5.41) is 4.21. The first-order chi connectivity index (χ1) is 14.6. The fourth-order valence-corrected chi connectivity index (χ4v) is 3.60. The zero-order chi connectivity index (χ0) is 20.9. The molecule has 0 amide bonds. The van der Waals surface area contributed by atoms with Gasteiger partial charge in [-0.15, -0.1) is 0 Å². The molecule has 0 saturated carbocycles. The van der Waals surface area contributed by atoms with Crippen LogP contribution < -0.4 is 9.47 Å². The van der Waals surface area contributed by atoms with Crippen molar-refractivity contribution in [1.29, 1.82) is 0 Å². The van der Waals surface area contributed by atoms with Gasteiger partial charge >= 0.3 is 0 Å². The van der Waals surface area contributed by atoms with Gasteiger partial charge in [-0.25, -0.2) is 0 Å². The first-order valence-corrected chi connectivity index (χ1v) is 10.4. The molecule has 0 bridgehead atoms. The van der Waals surface area contributed by atoms with Gasteiger partial charge in [0.2, 0.25) is 0 Å². The maximum Gasteiger partial charge on any atom is 0.276 e. The van der Waals surface area contributed by atoms with Crippen molar-refractivity contribution in [2.45, 2.75) is 32.7 Å². The molecule has 3 aromatic rings. The fraction of sp³-hybridized carbons (Fsp3) is 0.435. The lowest BCUT2D eigenvalue weighted by molar-refractivity contribution is 0.270. The van der Waals surface area contributed by atoms with Crippen molar-refractivity contribution in [1.82, 2.24) is 20.0 Å². The highest BCUT2D eigenvalue weighted by Gasteiger charge is 2.28. The summed E-state index contributed by atoms with van der Waals surface area (Å²) >= 11 is 0. The number of hydrogen-bond acceptors (Lipinski definition) is 7. The minimum atomic E-state index is 0.258. The van der Waals surface area contributed by atoms with E-state index in [0.29, 0.717) is 23.3 Å². The van der Waals surface area contributed by atoms with Gasteiger partial charge in [0.25, 0.3) is 5.89 Å². The first kappa shape index (κ1) is 20.3. The van der Waals surface area contributed by atoms with Crippen LogP contribution in [0.5, 0.6) is 11.5 Å². The van der Waals surface area contributed by atoms with Crippen molar-refractivity contribution in [2.75, 3.05) is 26.8 Å². The number of rotatable bonds is 8. The second kappa shape index (κ2) is 9.26. The summed E-state index contributed by atoms with van der Waals surface area (Å²) < 4.78 is 16.6. The second-order valence-corrected chi connectivity index (χ2v) is 8.11. The number of benzene rings is 1. The Kier molecular flexibility index (Phi) is 6.28. The van der Waals surface area contributed by atoms with Gasteiger partial charge in [0.05, 0.1) is 13.7 Å². The predicted molar refractivity (Wildman–Crippen MR) is 113 cm³/mol. The summed E-state index contributed by atoms with van der Waals surface area (Å²) in [5.74, 6) is 3.59. The highest BCUT2D eigenvalue weighted by molar-refractivity contribution is 5.49.